The summed E-state index contributed by atoms with van der Waals surface area (Å²) in [5.41, 5.74) is 1.06. The van der Waals surface area contributed by atoms with E-state index < -0.39 is 24.3 Å². The van der Waals surface area contributed by atoms with E-state index in [0.717, 1.165) is 44.1 Å². The summed E-state index contributed by atoms with van der Waals surface area (Å²) in [6.07, 6.45) is 20.9. The molecule has 7 atom stereocenters. The van der Waals surface area contributed by atoms with E-state index in [1.807, 2.05) is 19.9 Å². The minimum Gasteiger partial charge on any atom is -0.456 e. The van der Waals surface area contributed by atoms with Gasteiger partial charge in [0.05, 0.1) is 18.3 Å². The van der Waals surface area contributed by atoms with Crippen LogP contribution in [0.5, 0.6) is 0 Å². The molecule has 2 N–H and O–H groups in total. The molecular formula is C30H44O5. The van der Waals surface area contributed by atoms with Gasteiger partial charge in [0, 0.05) is 6.08 Å². The van der Waals surface area contributed by atoms with Crippen molar-refractivity contribution in [2.24, 2.45) is 17.8 Å². The summed E-state index contributed by atoms with van der Waals surface area (Å²) in [4.78, 5) is 12.6. The lowest BCUT2D eigenvalue weighted by atomic mass is 9.83. The molecule has 3 rings (SSSR count). The number of esters is 1. The Balaban J connectivity index is 1.72. The highest BCUT2D eigenvalue weighted by atomic mass is 16.6. The molecule has 5 heteroatoms. The summed E-state index contributed by atoms with van der Waals surface area (Å²) in [5.74, 6) is -0.0510. The van der Waals surface area contributed by atoms with Crippen molar-refractivity contribution in [3.05, 3.63) is 60.8 Å². The predicted octanol–water partition coefficient (Wildman–Crippen LogP) is 5.59. The first-order valence-corrected chi connectivity index (χ1v) is 13.4. The molecule has 0 aromatic rings. The largest absolute Gasteiger partial charge is 0.456 e. The van der Waals surface area contributed by atoms with Gasteiger partial charge in [-0.2, -0.15) is 0 Å². The number of fused-ring (bicyclic) bond motifs is 2. The van der Waals surface area contributed by atoms with Gasteiger partial charge in [-0.1, -0.05) is 68.5 Å². The standard InChI is InChI=1S/C30H44O5/c1-21-9-6-12-25-13-7-14-26(34-25)15-8-16-30(33)35-29(20-22(2)23(3)28(32)19-21)27(31)18-17-24-10-4-5-11-24/h4-5,7-8,14,16-18,22-29,31-32H,1,6,9-13,15,19-20H2,2-3H3/b16-8-,18-17+/t22-,23?,25+,26?,27?,28-,29?/m0/s1. The Labute approximate surface area is 211 Å². The van der Waals surface area contributed by atoms with E-state index in [0.29, 0.717) is 25.2 Å². The molecular weight excluding hydrogens is 440 g/mol. The highest BCUT2D eigenvalue weighted by Gasteiger charge is 2.29. The van der Waals surface area contributed by atoms with Gasteiger partial charge in [-0.25, -0.2) is 4.79 Å². The monoisotopic (exact) mass is 484 g/mol. The lowest BCUT2D eigenvalue weighted by Crippen LogP contribution is -2.34. The van der Waals surface area contributed by atoms with Gasteiger partial charge in [0.2, 0.25) is 0 Å². The Morgan fingerprint density at radius 2 is 1.89 bits per heavy atom. The normalized spacial score (nSPS) is 36.0. The van der Waals surface area contributed by atoms with Gasteiger partial charge >= 0.3 is 5.97 Å². The van der Waals surface area contributed by atoms with Crippen LogP contribution in [0.1, 0.15) is 71.6 Å². The molecule has 2 aliphatic heterocycles. The molecule has 0 saturated heterocycles. The predicted molar refractivity (Wildman–Crippen MR) is 140 cm³/mol. The van der Waals surface area contributed by atoms with Gasteiger partial charge in [0.15, 0.2) is 0 Å². The number of ether oxygens (including phenoxy) is 2. The Morgan fingerprint density at radius 3 is 2.66 bits per heavy atom. The molecule has 194 valence electrons. The zero-order chi connectivity index (χ0) is 25.2. The fourth-order valence-electron chi connectivity index (χ4n) is 5.11. The van der Waals surface area contributed by atoms with Crippen LogP contribution < -0.4 is 0 Å². The highest BCUT2D eigenvalue weighted by molar-refractivity contribution is 5.82. The molecule has 2 heterocycles. The molecule has 4 unspecified atom stereocenters. The van der Waals surface area contributed by atoms with E-state index >= 15 is 0 Å². The van der Waals surface area contributed by atoms with E-state index in [9.17, 15) is 15.0 Å². The summed E-state index contributed by atoms with van der Waals surface area (Å²) in [6, 6.07) is 0. The topological polar surface area (TPSA) is 76.0 Å². The maximum Gasteiger partial charge on any atom is 0.330 e. The van der Waals surface area contributed by atoms with Crippen molar-refractivity contribution in [1.82, 2.24) is 0 Å². The second kappa shape index (κ2) is 14.0. The molecule has 0 amide bonds. The second-order valence-electron chi connectivity index (χ2n) is 10.6. The van der Waals surface area contributed by atoms with E-state index in [-0.39, 0.29) is 24.0 Å². The molecule has 0 saturated carbocycles. The first-order valence-electron chi connectivity index (χ1n) is 13.4. The number of carbonyl (C=O) groups excluding carboxylic acids is 1. The summed E-state index contributed by atoms with van der Waals surface area (Å²) in [7, 11) is 0. The van der Waals surface area contributed by atoms with Crippen LogP contribution in [0.3, 0.4) is 0 Å². The van der Waals surface area contributed by atoms with E-state index in [1.54, 1.807) is 12.2 Å². The molecule has 1 aliphatic carbocycles. The minimum absolute atomic E-state index is 0.0230. The summed E-state index contributed by atoms with van der Waals surface area (Å²) >= 11 is 0. The molecule has 0 aromatic carbocycles. The highest BCUT2D eigenvalue weighted by Crippen LogP contribution is 2.28. The third kappa shape index (κ3) is 9.21. The number of allylic oxidation sites excluding steroid dienone is 3. The second-order valence-corrected chi connectivity index (χ2v) is 10.6. The Hall–Kier alpha value is -1.95. The van der Waals surface area contributed by atoms with Crippen LogP contribution in [0.2, 0.25) is 0 Å². The van der Waals surface area contributed by atoms with Crippen LogP contribution >= 0.6 is 0 Å². The molecule has 0 spiro atoms. The van der Waals surface area contributed by atoms with E-state index in [1.165, 1.54) is 6.08 Å². The van der Waals surface area contributed by atoms with Gasteiger partial charge < -0.3 is 19.7 Å². The summed E-state index contributed by atoms with van der Waals surface area (Å²) in [6.45, 7) is 8.27. The zero-order valence-electron chi connectivity index (χ0n) is 21.4. The van der Waals surface area contributed by atoms with Crippen molar-refractivity contribution >= 4 is 5.97 Å². The average molecular weight is 485 g/mol. The van der Waals surface area contributed by atoms with Gasteiger partial charge in [-0.05, 0) is 75.5 Å². The SMILES string of the molecule is C=C1CCC[C@@H]2CC=CC(C/C=C\C(=O)OC(C(O)/C=C/C3CC=CC3)C[C@H](C)C(C)[C@@H](O)C1)O2. The Kier molecular flexibility index (Phi) is 11.0. The maximum atomic E-state index is 12.6. The fraction of sp³-hybridized carbons (Fsp3) is 0.633. The zero-order valence-corrected chi connectivity index (χ0v) is 21.4. The molecule has 2 bridgehead atoms. The van der Waals surface area contributed by atoms with E-state index in [2.05, 4.69) is 30.9 Å². The van der Waals surface area contributed by atoms with Crippen LogP contribution in [0, 0.1) is 17.8 Å². The van der Waals surface area contributed by atoms with Crippen molar-refractivity contribution in [3.8, 4) is 0 Å². The van der Waals surface area contributed by atoms with Crippen molar-refractivity contribution in [3.63, 3.8) is 0 Å². The van der Waals surface area contributed by atoms with Gasteiger partial charge in [0.1, 0.15) is 12.2 Å². The van der Waals surface area contributed by atoms with Gasteiger partial charge in [-0.3, -0.25) is 0 Å². The van der Waals surface area contributed by atoms with Crippen molar-refractivity contribution in [1.29, 1.82) is 0 Å². The minimum atomic E-state index is -0.898. The number of hydrogen-bond donors (Lipinski definition) is 2. The lowest BCUT2D eigenvalue weighted by Gasteiger charge is -2.30. The van der Waals surface area contributed by atoms with Crippen LogP contribution in [0.25, 0.3) is 0 Å². The molecule has 5 nitrogen and oxygen atoms in total. The van der Waals surface area contributed by atoms with Gasteiger partial charge in [0.25, 0.3) is 0 Å². The number of rotatable bonds is 3. The third-order valence-electron chi connectivity index (χ3n) is 7.68. The van der Waals surface area contributed by atoms with Crippen LogP contribution in [-0.2, 0) is 14.3 Å². The first kappa shape index (κ1) is 27.6. The molecule has 3 aliphatic rings. The number of carbonyl (C=O) groups is 1. The van der Waals surface area contributed by atoms with Crippen molar-refractivity contribution in [2.45, 2.75) is 102 Å². The lowest BCUT2D eigenvalue weighted by molar-refractivity contribution is -0.148. The number of hydrogen-bond acceptors (Lipinski definition) is 5. The van der Waals surface area contributed by atoms with Gasteiger partial charge in [-0.15, -0.1) is 0 Å². The van der Waals surface area contributed by atoms with Crippen LogP contribution in [0.15, 0.2) is 60.8 Å². The van der Waals surface area contributed by atoms with Crippen molar-refractivity contribution in [2.75, 3.05) is 0 Å². The molecule has 0 fully saturated rings. The van der Waals surface area contributed by atoms with Crippen molar-refractivity contribution < 1.29 is 24.5 Å². The number of aliphatic hydroxyl groups is 2. The molecule has 0 radical (unpaired) electrons. The number of cyclic esters (lactones) is 1. The smallest absolute Gasteiger partial charge is 0.330 e. The first-order chi connectivity index (χ1) is 16.8. The fourth-order valence-corrected chi connectivity index (χ4v) is 5.11. The summed E-state index contributed by atoms with van der Waals surface area (Å²) in [5, 5.41) is 21.8. The molecule has 0 aromatic heterocycles. The Bertz CT molecular complexity index is 802. The number of aliphatic hydroxyl groups excluding tert-OH is 2. The van der Waals surface area contributed by atoms with E-state index in [4.69, 9.17) is 9.47 Å². The maximum absolute atomic E-state index is 12.6. The third-order valence-corrected chi connectivity index (χ3v) is 7.68. The average Bonchev–Trinajstić information content (AvgIpc) is 3.35. The van der Waals surface area contributed by atoms with Crippen LogP contribution in [0.4, 0.5) is 0 Å². The Morgan fingerprint density at radius 1 is 1.11 bits per heavy atom. The van der Waals surface area contributed by atoms with Crippen LogP contribution in [-0.4, -0.2) is 46.7 Å². The summed E-state index contributed by atoms with van der Waals surface area (Å²) < 4.78 is 11.9. The quantitative estimate of drug-likeness (QED) is 0.403. The molecule has 35 heavy (non-hydrogen) atoms.